The Morgan fingerprint density at radius 2 is 1.84 bits per heavy atom. The molecule has 1 heterocycles. The first kappa shape index (κ1) is 13.0. The molecule has 100 valence electrons. The Morgan fingerprint density at radius 3 is 2.42 bits per heavy atom. The van der Waals surface area contributed by atoms with Crippen molar-refractivity contribution in [2.45, 2.75) is 32.0 Å². The molecule has 0 aliphatic heterocycles. The summed E-state index contributed by atoms with van der Waals surface area (Å²) in [5, 5.41) is 0. The third-order valence-corrected chi connectivity index (χ3v) is 4.63. The SMILES string of the molecule is Nc1ccc(CN(Cc2ccc(Cl)s2)C2CC2)cc1. The summed E-state index contributed by atoms with van der Waals surface area (Å²) >= 11 is 7.68. The number of nitrogen functional groups attached to an aromatic ring is 1. The third-order valence-electron chi connectivity index (χ3n) is 3.42. The fraction of sp³-hybridized carbons (Fsp3) is 0.333. The number of nitrogens with zero attached hydrogens (tertiary/aromatic N) is 1. The summed E-state index contributed by atoms with van der Waals surface area (Å²) in [7, 11) is 0. The second-order valence-electron chi connectivity index (χ2n) is 5.08. The van der Waals surface area contributed by atoms with Gasteiger partial charge in [-0.25, -0.2) is 0 Å². The molecule has 4 heteroatoms. The van der Waals surface area contributed by atoms with Gasteiger partial charge in [-0.05, 0) is 42.7 Å². The van der Waals surface area contributed by atoms with Crippen molar-refractivity contribution in [3.63, 3.8) is 0 Å². The topological polar surface area (TPSA) is 29.3 Å². The number of benzene rings is 1. The van der Waals surface area contributed by atoms with Gasteiger partial charge in [-0.3, -0.25) is 4.90 Å². The second kappa shape index (κ2) is 5.53. The number of nitrogens with two attached hydrogens (primary N) is 1. The summed E-state index contributed by atoms with van der Waals surface area (Å²) in [6, 6.07) is 13.0. The molecule has 0 atom stereocenters. The standard InChI is InChI=1S/C15H17ClN2S/c16-15-8-7-14(19-15)10-18(13-5-6-13)9-11-1-3-12(17)4-2-11/h1-4,7-8,13H,5-6,9-10,17H2. The van der Waals surface area contributed by atoms with E-state index in [2.05, 4.69) is 23.1 Å². The van der Waals surface area contributed by atoms with E-state index in [0.717, 1.165) is 29.2 Å². The zero-order valence-electron chi connectivity index (χ0n) is 10.7. The van der Waals surface area contributed by atoms with Gasteiger partial charge < -0.3 is 5.73 Å². The molecule has 0 unspecified atom stereocenters. The molecule has 2 aromatic rings. The molecule has 2 nitrogen and oxygen atoms in total. The highest BCUT2D eigenvalue weighted by atomic mass is 35.5. The van der Waals surface area contributed by atoms with Crippen LogP contribution in [-0.2, 0) is 13.1 Å². The monoisotopic (exact) mass is 292 g/mol. The number of rotatable bonds is 5. The lowest BCUT2D eigenvalue weighted by atomic mass is 10.2. The van der Waals surface area contributed by atoms with E-state index in [9.17, 15) is 0 Å². The Morgan fingerprint density at radius 1 is 1.11 bits per heavy atom. The van der Waals surface area contributed by atoms with Gasteiger partial charge in [-0.15, -0.1) is 11.3 Å². The molecule has 0 saturated heterocycles. The molecular formula is C15H17ClN2S. The quantitative estimate of drug-likeness (QED) is 0.839. The van der Waals surface area contributed by atoms with Crippen LogP contribution in [-0.4, -0.2) is 10.9 Å². The van der Waals surface area contributed by atoms with E-state index >= 15 is 0 Å². The highest BCUT2D eigenvalue weighted by molar-refractivity contribution is 7.16. The van der Waals surface area contributed by atoms with Gasteiger partial charge in [0.1, 0.15) is 0 Å². The summed E-state index contributed by atoms with van der Waals surface area (Å²) in [6.45, 7) is 1.98. The maximum absolute atomic E-state index is 6.00. The Kier molecular flexibility index (Phi) is 3.78. The molecule has 1 aromatic heterocycles. The normalized spacial score (nSPS) is 15.1. The van der Waals surface area contributed by atoms with Crippen molar-refractivity contribution in [2.24, 2.45) is 0 Å². The summed E-state index contributed by atoms with van der Waals surface area (Å²) in [5.74, 6) is 0. The first-order valence-electron chi connectivity index (χ1n) is 6.53. The summed E-state index contributed by atoms with van der Waals surface area (Å²) in [5.41, 5.74) is 7.88. The van der Waals surface area contributed by atoms with Crippen LogP contribution in [0.1, 0.15) is 23.3 Å². The number of anilines is 1. The van der Waals surface area contributed by atoms with Crippen LogP contribution in [0.15, 0.2) is 36.4 Å². The largest absolute Gasteiger partial charge is 0.399 e. The number of hydrogen-bond acceptors (Lipinski definition) is 3. The zero-order valence-corrected chi connectivity index (χ0v) is 12.3. The Balaban J connectivity index is 1.69. The van der Waals surface area contributed by atoms with Crippen molar-refractivity contribution in [3.05, 3.63) is 51.2 Å². The molecule has 0 spiro atoms. The lowest BCUT2D eigenvalue weighted by Gasteiger charge is -2.21. The number of thiophene rings is 1. The minimum atomic E-state index is 0.735. The lowest BCUT2D eigenvalue weighted by Crippen LogP contribution is -2.24. The van der Waals surface area contributed by atoms with E-state index in [1.165, 1.54) is 23.3 Å². The van der Waals surface area contributed by atoms with Crippen LogP contribution in [0, 0.1) is 0 Å². The maximum Gasteiger partial charge on any atom is 0.0931 e. The predicted octanol–water partition coefficient (Wildman–Crippen LogP) is 4.15. The van der Waals surface area contributed by atoms with Crippen molar-refractivity contribution >= 4 is 28.6 Å². The number of hydrogen-bond donors (Lipinski definition) is 1. The van der Waals surface area contributed by atoms with Gasteiger partial charge in [0.05, 0.1) is 4.34 Å². The van der Waals surface area contributed by atoms with Gasteiger partial charge in [0.15, 0.2) is 0 Å². The molecule has 19 heavy (non-hydrogen) atoms. The van der Waals surface area contributed by atoms with E-state index in [0.29, 0.717) is 0 Å². The molecule has 0 radical (unpaired) electrons. The Labute approximate surface area is 122 Å². The molecule has 0 amide bonds. The van der Waals surface area contributed by atoms with Gasteiger partial charge in [0, 0.05) is 29.7 Å². The van der Waals surface area contributed by atoms with Gasteiger partial charge in [-0.1, -0.05) is 23.7 Å². The average Bonchev–Trinajstić information content (AvgIpc) is 3.16. The van der Waals surface area contributed by atoms with Gasteiger partial charge >= 0.3 is 0 Å². The van der Waals surface area contributed by atoms with Crippen LogP contribution in [0.4, 0.5) is 5.69 Å². The van der Waals surface area contributed by atoms with Crippen LogP contribution in [0.2, 0.25) is 4.34 Å². The zero-order chi connectivity index (χ0) is 13.2. The molecule has 1 aromatic carbocycles. The highest BCUT2D eigenvalue weighted by Crippen LogP contribution is 2.32. The fourth-order valence-electron chi connectivity index (χ4n) is 2.25. The van der Waals surface area contributed by atoms with E-state index in [-0.39, 0.29) is 0 Å². The highest BCUT2D eigenvalue weighted by Gasteiger charge is 2.29. The van der Waals surface area contributed by atoms with Crippen LogP contribution in [0.25, 0.3) is 0 Å². The Bertz CT molecular complexity index is 546. The molecule has 1 aliphatic rings. The van der Waals surface area contributed by atoms with Gasteiger partial charge in [0.2, 0.25) is 0 Å². The Hall–Kier alpha value is -1.03. The van der Waals surface area contributed by atoms with Crippen LogP contribution >= 0.6 is 22.9 Å². The van der Waals surface area contributed by atoms with Crippen LogP contribution in [0.5, 0.6) is 0 Å². The van der Waals surface area contributed by atoms with Crippen molar-refractivity contribution in [2.75, 3.05) is 5.73 Å². The fourth-order valence-corrected chi connectivity index (χ4v) is 3.36. The summed E-state index contributed by atoms with van der Waals surface area (Å²) < 4.78 is 0.873. The van der Waals surface area contributed by atoms with E-state index in [4.69, 9.17) is 17.3 Å². The molecular weight excluding hydrogens is 276 g/mol. The van der Waals surface area contributed by atoms with Gasteiger partial charge in [-0.2, -0.15) is 0 Å². The molecule has 2 N–H and O–H groups in total. The lowest BCUT2D eigenvalue weighted by molar-refractivity contribution is 0.248. The molecule has 1 saturated carbocycles. The van der Waals surface area contributed by atoms with Crippen LogP contribution < -0.4 is 5.73 Å². The van der Waals surface area contributed by atoms with Crippen molar-refractivity contribution in [1.82, 2.24) is 4.90 Å². The predicted molar refractivity (Wildman–Crippen MR) is 82.5 cm³/mol. The summed E-state index contributed by atoms with van der Waals surface area (Å²) in [6.07, 6.45) is 2.63. The molecule has 0 bridgehead atoms. The minimum Gasteiger partial charge on any atom is -0.399 e. The smallest absolute Gasteiger partial charge is 0.0931 e. The first-order valence-corrected chi connectivity index (χ1v) is 7.73. The van der Waals surface area contributed by atoms with E-state index < -0.39 is 0 Å². The van der Waals surface area contributed by atoms with Crippen molar-refractivity contribution in [1.29, 1.82) is 0 Å². The molecule has 1 aliphatic carbocycles. The van der Waals surface area contributed by atoms with Crippen molar-refractivity contribution < 1.29 is 0 Å². The first-order chi connectivity index (χ1) is 9.20. The average molecular weight is 293 g/mol. The number of halogens is 1. The maximum atomic E-state index is 6.00. The van der Waals surface area contributed by atoms with E-state index in [1.807, 2.05) is 18.2 Å². The summed E-state index contributed by atoms with van der Waals surface area (Å²) in [4.78, 5) is 3.88. The molecule has 3 rings (SSSR count). The van der Waals surface area contributed by atoms with Gasteiger partial charge in [0.25, 0.3) is 0 Å². The van der Waals surface area contributed by atoms with E-state index in [1.54, 1.807) is 11.3 Å². The second-order valence-corrected chi connectivity index (χ2v) is 6.88. The van der Waals surface area contributed by atoms with Crippen LogP contribution in [0.3, 0.4) is 0 Å². The minimum absolute atomic E-state index is 0.735. The third kappa shape index (κ3) is 3.50. The molecule has 1 fully saturated rings. The van der Waals surface area contributed by atoms with Crippen molar-refractivity contribution in [3.8, 4) is 0 Å².